The minimum atomic E-state index is -3.48. The largest absolute Gasteiger partial charge is 0.508 e. The molecule has 0 unspecified atom stereocenters. The number of aromatic hydroxyl groups is 1. The number of hydrogen-bond acceptors (Lipinski definition) is 3. The van der Waals surface area contributed by atoms with Crippen molar-refractivity contribution in [1.29, 1.82) is 0 Å². The van der Waals surface area contributed by atoms with Gasteiger partial charge in [-0.15, -0.1) is 0 Å². The molecule has 5 heteroatoms. The van der Waals surface area contributed by atoms with Crippen LogP contribution in [-0.2, 0) is 10.0 Å². The lowest BCUT2D eigenvalue weighted by Crippen LogP contribution is -2.30. The van der Waals surface area contributed by atoms with Crippen LogP contribution in [0.3, 0.4) is 0 Å². The van der Waals surface area contributed by atoms with Crippen LogP contribution in [0.25, 0.3) is 0 Å². The van der Waals surface area contributed by atoms with Crippen LogP contribution in [0.1, 0.15) is 13.8 Å². The molecule has 0 radical (unpaired) electrons. The zero-order chi connectivity index (χ0) is 12.3. The quantitative estimate of drug-likeness (QED) is 0.875. The van der Waals surface area contributed by atoms with Crippen molar-refractivity contribution in [3.05, 3.63) is 24.3 Å². The Morgan fingerprint density at radius 1 is 1.38 bits per heavy atom. The lowest BCUT2D eigenvalue weighted by atomic mass is 10.2. The van der Waals surface area contributed by atoms with Gasteiger partial charge in [0, 0.05) is 13.6 Å². The summed E-state index contributed by atoms with van der Waals surface area (Å²) in [5.41, 5.74) is 0. The molecule has 0 spiro atoms. The van der Waals surface area contributed by atoms with Gasteiger partial charge < -0.3 is 5.11 Å². The molecule has 1 rings (SSSR count). The predicted octanol–water partition coefficient (Wildman–Crippen LogP) is 1.67. The molecule has 1 aromatic carbocycles. The van der Waals surface area contributed by atoms with Crippen molar-refractivity contribution in [3.8, 4) is 5.75 Å². The van der Waals surface area contributed by atoms with Crippen molar-refractivity contribution in [1.82, 2.24) is 4.31 Å². The Balaban J connectivity index is 3.02. The molecule has 16 heavy (non-hydrogen) atoms. The summed E-state index contributed by atoms with van der Waals surface area (Å²) in [7, 11) is -1.94. The molecule has 0 atom stereocenters. The SMILES string of the molecule is CC(C)CN(C)S(=O)(=O)c1cccc(O)c1. The Kier molecular flexibility index (Phi) is 3.93. The number of benzene rings is 1. The van der Waals surface area contributed by atoms with E-state index in [-0.39, 0.29) is 16.6 Å². The van der Waals surface area contributed by atoms with Crippen molar-refractivity contribution in [2.45, 2.75) is 18.7 Å². The zero-order valence-electron chi connectivity index (χ0n) is 9.71. The summed E-state index contributed by atoms with van der Waals surface area (Å²) in [4.78, 5) is 0.121. The summed E-state index contributed by atoms with van der Waals surface area (Å²) in [6, 6.07) is 5.70. The van der Waals surface area contributed by atoms with Gasteiger partial charge in [-0.25, -0.2) is 12.7 Å². The molecular formula is C11H17NO3S. The second-order valence-corrected chi connectivity index (χ2v) is 6.22. The maximum atomic E-state index is 12.0. The first-order chi connectivity index (χ1) is 7.34. The molecule has 0 fully saturated rings. The lowest BCUT2D eigenvalue weighted by molar-refractivity contribution is 0.416. The molecule has 0 aliphatic heterocycles. The third-order valence-corrected chi connectivity index (χ3v) is 3.97. The van der Waals surface area contributed by atoms with E-state index < -0.39 is 10.0 Å². The standard InChI is InChI=1S/C11H17NO3S/c1-9(2)8-12(3)16(14,15)11-6-4-5-10(13)7-11/h4-7,9,13H,8H2,1-3H3. The van der Waals surface area contributed by atoms with Crippen LogP contribution in [0.2, 0.25) is 0 Å². The third-order valence-electron chi connectivity index (χ3n) is 2.15. The van der Waals surface area contributed by atoms with E-state index in [9.17, 15) is 13.5 Å². The maximum Gasteiger partial charge on any atom is 0.242 e. The van der Waals surface area contributed by atoms with Crippen molar-refractivity contribution < 1.29 is 13.5 Å². The van der Waals surface area contributed by atoms with Gasteiger partial charge in [-0.05, 0) is 24.1 Å². The van der Waals surface area contributed by atoms with E-state index in [1.54, 1.807) is 7.05 Å². The Morgan fingerprint density at radius 3 is 2.50 bits per heavy atom. The Labute approximate surface area is 96.6 Å². The van der Waals surface area contributed by atoms with Crippen LogP contribution in [-0.4, -0.2) is 31.4 Å². The average molecular weight is 243 g/mol. The first kappa shape index (κ1) is 13.0. The number of rotatable bonds is 4. The predicted molar refractivity (Wildman–Crippen MR) is 62.8 cm³/mol. The van der Waals surface area contributed by atoms with Gasteiger partial charge in [0.05, 0.1) is 4.90 Å². The maximum absolute atomic E-state index is 12.0. The van der Waals surface area contributed by atoms with E-state index in [0.29, 0.717) is 6.54 Å². The van der Waals surface area contributed by atoms with Crippen LogP contribution in [0.4, 0.5) is 0 Å². The number of nitrogens with zero attached hydrogens (tertiary/aromatic N) is 1. The van der Waals surface area contributed by atoms with Crippen LogP contribution in [0.5, 0.6) is 5.75 Å². The summed E-state index contributed by atoms with van der Waals surface area (Å²) >= 11 is 0. The fraction of sp³-hybridized carbons (Fsp3) is 0.455. The molecule has 90 valence electrons. The molecule has 0 saturated carbocycles. The number of hydrogen-bond donors (Lipinski definition) is 1. The smallest absolute Gasteiger partial charge is 0.242 e. The fourth-order valence-electron chi connectivity index (χ4n) is 1.44. The van der Waals surface area contributed by atoms with Gasteiger partial charge in [-0.1, -0.05) is 19.9 Å². The average Bonchev–Trinajstić information content (AvgIpc) is 2.16. The first-order valence-electron chi connectivity index (χ1n) is 5.09. The lowest BCUT2D eigenvalue weighted by Gasteiger charge is -2.19. The molecule has 0 aromatic heterocycles. The van der Waals surface area contributed by atoms with E-state index in [1.807, 2.05) is 13.8 Å². The summed E-state index contributed by atoms with van der Waals surface area (Å²) in [5.74, 6) is 0.219. The summed E-state index contributed by atoms with van der Waals surface area (Å²) in [6.45, 7) is 4.36. The molecule has 0 bridgehead atoms. The highest BCUT2D eigenvalue weighted by molar-refractivity contribution is 7.89. The third kappa shape index (κ3) is 2.96. The van der Waals surface area contributed by atoms with Crippen LogP contribution in [0, 0.1) is 5.92 Å². The molecule has 0 saturated heterocycles. The van der Waals surface area contributed by atoms with Gasteiger partial charge in [-0.2, -0.15) is 0 Å². The van der Waals surface area contributed by atoms with Crippen molar-refractivity contribution >= 4 is 10.0 Å². The van der Waals surface area contributed by atoms with Crippen LogP contribution < -0.4 is 0 Å². The summed E-state index contributed by atoms with van der Waals surface area (Å²) < 4.78 is 25.4. The highest BCUT2D eigenvalue weighted by Gasteiger charge is 2.21. The van der Waals surface area contributed by atoms with Gasteiger partial charge in [-0.3, -0.25) is 0 Å². The highest BCUT2D eigenvalue weighted by atomic mass is 32.2. The highest BCUT2D eigenvalue weighted by Crippen LogP contribution is 2.19. The van der Waals surface area contributed by atoms with E-state index in [1.165, 1.54) is 28.6 Å². The molecule has 1 N–H and O–H groups in total. The Morgan fingerprint density at radius 2 is 2.00 bits per heavy atom. The number of sulfonamides is 1. The Hall–Kier alpha value is -1.07. The number of phenolic OH excluding ortho intramolecular Hbond substituents is 1. The number of phenols is 1. The molecule has 0 heterocycles. The van der Waals surface area contributed by atoms with E-state index in [2.05, 4.69) is 0 Å². The van der Waals surface area contributed by atoms with Crippen molar-refractivity contribution in [2.75, 3.05) is 13.6 Å². The van der Waals surface area contributed by atoms with Crippen LogP contribution >= 0.6 is 0 Å². The molecule has 4 nitrogen and oxygen atoms in total. The summed E-state index contributed by atoms with van der Waals surface area (Å²) in [5, 5.41) is 9.26. The van der Waals surface area contributed by atoms with Gasteiger partial charge in [0.2, 0.25) is 10.0 Å². The van der Waals surface area contributed by atoms with E-state index in [0.717, 1.165) is 0 Å². The Bertz CT molecular complexity index is 454. The first-order valence-corrected chi connectivity index (χ1v) is 6.53. The normalized spacial score (nSPS) is 12.3. The topological polar surface area (TPSA) is 57.6 Å². The molecule has 0 aliphatic rings. The fourth-order valence-corrected chi connectivity index (χ4v) is 2.81. The van der Waals surface area contributed by atoms with Crippen molar-refractivity contribution in [3.63, 3.8) is 0 Å². The molecule has 1 aromatic rings. The second kappa shape index (κ2) is 4.84. The zero-order valence-corrected chi connectivity index (χ0v) is 10.5. The minimum absolute atomic E-state index is 0.0426. The minimum Gasteiger partial charge on any atom is -0.508 e. The van der Waals surface area contributed by atoms with Gasteiger partial charge >= 0.3 is 0 Å². The monoisotopic (exact) mass is 243 g/mol. The van der Waals surface area contributed by atoms with E-state index >= 15 is 0 Å². The summed E-state index contributed by atoms with van der Waals surface area (Å²) in [6.07, 6.45) is 0. The molecular weight excluding hydrogens is 226 g/mol. The van der Waals surface area contributed by atoms with Gasteiger partial charge in [0.1, 0.15) is 5.75 Å². The van der Waals surface area contributed by atoms with Gasteiger partial charge in [0.15, 0.2) is 0 Å². The van der Waals surface area contributed by atoms with Gasteiger partial charge in [0.25, 0.3) is 0 Å². The van der Waals surface area contributed by atoms with E-state index in [4.69, 9.17) is 0 Å². The van der Waals surface area contributed by atoms with Crippen molar-refractivity contribution in [2.24, 2.45) is 5.92 Å². The molecule has 0 amide bonds. The second-order valence-electron chi connectivity index (χ2n) is 4.18. The van der Waals surface area contributed by atoms with Crippen LogP contribution in [0.15, 0.2) is 29.2 Å². The molecule has 0 aliphatic carbocycles.